The summed E-state index contributed by atoms with van der Waals surface area (Å²) in [5.74, 6) is -1.43. The van der Waals surface area contributed by atoms with Crippen molar-refractivity contribution in [3.63, 3.8) is 0 Å². The fourth-order valence-electron chi connectivity index (χ4n) is 0.977. The second-order valence-corrected chi connectivity index (χ2v) is 3.15. The Labute approximate surface area is 100 Å². The molecule has 0 amide bonds. The molecule has 98 valence electrons. The third-order valence-corrected chi connectivity index (χ3v) is 1.82. The van der Waals surface area contributed by atoms with Gasteiger partial charge in [0.05, 0.1) is 4.92 Å². The summed E-state index contributed by atoms with van der Waals surface area (Å²) in [4.78, 5) is 32.4. The van der Waals surface area contributed by atoms with E-state index in [1.807, 2.05) is 0 Å². The molecule has 7 nitrogen and oxygen atoms in total. The van der Waals surface area contributed by atoms with E-state index in [0.29, 0.717) is 6.07 Å². The fourth-order valence-corrected chi connectivity index (χ4v) is 1.12. The maximum absolute atomic E-state index is 11.9. The van der Waals surface area contributed by atoms with Crippen LogP contribution in [0.15, 0.2) is 10.9 Å². The van der Waals surface area contributed by atoms with Gasteiger partial charge in [0, 0.05) is 6.07 Å². The first-order valence-electron chi connectivity index (χ1n) is 3.99. The second-order valence-electron chi connectivity index (χ2n) is 2.81. The van der Waals surface area contributed by atoms with Crippen LogP contribution >= 0.6 is 11.6 Å². The van der Waals surface area contributed by atoms with Crippen LogP contribution in [0.4, 0.5) is 18.9 Å². The number of carbonyl (C=O) groups excluding carboxylic acids is 1. The highest BCUT2D eigenvalue weighted by Gasteiger charge is 2.35. The standard InChI is InChI=1S/C7H2ClF3N2O5/c8-4(14)2-1-3(13(16)17)6(12-5(2)15)18-7(9,10)11/h1H,(H,12,15). The number of H-pyrrole nitrogens is 1. The first kappa shape index (κ1) is 14.0. The molecule has 1 aromatic rings. The number of aromatic nitrogens is 1. The molecule has 0 bridgehead atoms. The van der Waals surface area contributed by atoms with Crippen molar-refractivity contribution in [2.75, 3.05) is 0 Å². The summed E-state index contributed by atoms with van der Waals surface area (Å²) >= 11 is 4.93. The van der Waals surface area contributed by atoms with E-state index in [-0.39, 0.29) is 0 Å². The first-order chi connectivity index (χ1) is 8.11. The topological polar surface area (TPSA) is 102 Å². The number of ether oxygens (including phenoxy) is 1. The van der Waals surface area contributed by atoms with Crippen molar-refractivity contribution in [3.8, 4) is 5.88 Å². The van der Waals surface area contributed by atoms with E-state index in [0.717, 1.165) is 0 Å². The molecule has 0 saturated heterocycles. The van der Waals surface area contributed by atoms with Crippen LogP contribution in [0.25, 0.3) is 0 Å². The Morgan fingerprint density at radius 1 is 1.50 bits per heavy atom. The van der Waals surface area contributed by atoms with Gasteiger partial charge in [0.15, 0.2) is 0 Å². The van der Waals surface area contributed by atoms with E-state index in [4.69, 9.17) is 11.6 Å². The highest BCUT2D eigenvalue weighted by atomic mass is 35.5. The van der Waals surface area contributed by atoms with Crippen LogP contribution in [0, 0.1) is 10.1 Å². The van der Waals surface area contributed by atoms with E-state index in [9.17, 15) is 32.9 Å². The summed E-state index contributed by atoms with van der Waals surface area (Å²) in [7, 11) is 0. The number of nitrogens with one attached hydrogen (secondary N) is 1. The monoisotopic (exact) mass is 286 g/mol. The molecular weight excluding hydrogens is 285 g/mol. The van der Waals surface area contributed by atoms with E-state index >= 15 is 0 Å². The highest BCUT2D eigenvalue weighted by Crippen LogP contribution is 2.29. The molecule has 0 spiro atoms. The van der Waals surface area contributed by atoms with Gasteiger partial charge < -0.3 is 4.74 Å². The molecule has 1 N–H and O–H groups in total. The molecule has 0 fully saturated rings. The Morgan fingerprint density at radius 3 is 2.44 bits per heavy atom. The summed E-state index contributed by atoms with van der Waals surface area (Å²) in [6.45, 7) is 0. The van der Waals surface area contributed by atoms with Crippen LogP contribution in [0.5, 0.6) is 5.88 Å². The van der Waals surface area contributed by atoms with Gasteiger partial charge in [-0.15, -0.1) is 13.2 Å². The summed E-state index contributed by atoms with van der Waals surface area (Å²) in [6.07, 6.45) is -5.24. The van der Waals surface area contributed by atoms with Gasteiger partial charge in [0.2, 0.25) is 0 Å². The van der Waals surface area contributed by atoms with Gasteiger partial charge in [-0.25, -0.2) is 0 Å². The molecule has 11 heteroatoms. The number of aromatic amines is 1. The average Bonchev–Trinajstić information content (AvgIpc) is 2.13. The van der Waals surface area contributed by atoms with Gasteiger partial charge in [-0.1, -0.05) is 0 Å². The van der Waals surface area contributed by atoms with Crippen molar-refractivity contribution in [2.45, 2.75) is 6.36 Å². The SMILES string of the molecule is O=C(Cl)c1cc([N+](=O)[O-])c(OC(F)(F)F)[nH]c1=O. The maximum Gasteiger partial charge on any atom is 0.574 e. The zero-order valence-electron chi connectivity index (χ0n) is 8.08. The second kappa shape index (κ2) is 4.64. The molecule has 1 rings (SSSR count). The lowest BCUT2D eigenvalue weighted by Gasteiger charge is -2.08. The molecule has 0 aromatic carbocycles. The third-order valence-electron chi connectivity index (χ3n) is 1.61. The molecule has 1 heterocycles. The molecule has 0 atom stereocenters. The predicted octanol–water partition coefficient (Wildman–Crippen LogP) is 1.56. The predicted molar refractivity (Wildman–Crippen MR) is 50.6 cm³/mol. The van der Waals surface area contributed by atoms with E-state index in [2.05, 4.69) is 4.74 Å². The Balaban J connectivity index is 3.44. The summed E-state index contributed by atoms with van der Waals surface area (Å²) in [5, 5.41) is 9.13. The van der Waals surface area contributed by atoms with E-state index < -0.39 is 39.2 Å². The quantitative estimate of drug-likeness (QED) is 0.516. The van der Waals surface area contributed by atoms with Crippen LogP contribution < -0.4 is 10.3 Å². The molecule has 1 aromatic heterocycles. The number of alkyl halides is 3. The largest absolute Gasteiger partial charge is 0.574 e. The number of carbonyl (C=O) groups is 1. The molecule has 0 unspecified atom stereocenters. The normalized spacial score (nSPS) is 11.1. The van der Waals surface area contributed by atoms with Gasteiger partial charge in [0.1, 0.15) is 5.56 Å². The lowest BCUT2D eigenvalue weighted by Crippen LogP contribution is -2.23. The Bertz CT molecular complexity index is 567. The van der Waals surface area contributed by atoms with Crippen molar-refractivity contribution in [3.05, 3.63) is 32.1 Å². The van der Waals surface area contributed by atoms with Crippen LogP contribution in [-0.4, -0.2) is 21.5 Å². The van der Waals surface area contributed by atoms with Gasteiger partial charge in [-0.2, -0.15) is 0 Å². The molecule has 0 aliphatic carbocycles. The van der Waals surface area contributed by atoms with Crippen LogP contribution in [0.3, 0.4) is 0 Å². The molecule has 0 aliphatic rings. The van der Waals surface area contributed by atoms with Gasteiger partial charge >= 0.3 is 12.0 Å². The maximum atomic E-state index is 11.9. The smallest absolute Gasteiger partial charge is 0.382 e. The Morgan fingerprint density at radius 2 is 2.06 bits per heavy atom. The lowest BCUT2D eigenvalue weighted by atomic mass is 10.3. The number of hydrogen-bond acceptors (Lipinski definition) is 5. The average molecular weight is 287 g/mol. The number of pyridine rings is 1. The Kier molecular flexibility index (Phi) is 3.60. The van der Waals surface area contributed by atoms with Crippen molar-refractivity contribution >= 4 is 22.5 Å². The lowest BCUT2D eigenvalue weighted by molar-refractivity contribution is -0.389. The van der Waals surface area contributed by atoms with Crippen LogP contribution in [0.2, 0.25) is 0 Å². The molecule has 0 radical (unpaired) electrons. The Hall–Kier alpha value is -2.10. The van der Waals surface area contributed by atoms with Gasteiger partial charge in [-0.3, -0.25) is 24.7 Å². The van der Waals surface area contributed by atoms with Gasteiger partial charge in [0.25, 0.3) is 16.7 Å². The highest BCUT2D eigenvalue weighted by molar-refractivity contribution is 6.67. The minimum Gasteiger partial charge on any atom is -0.382 e. The minimum atomic E-state index is -5.24. The summed E-state index contributed by atoms with van der Waals surface area (Å²) in [6, 6.07) is 0.301. The zero-order valence-corrected chi connectivity index (χ0v) is 8.83. The van der Waals surface area contributed by atoms with Crippen molar-refractivity contribution in [2.24, 2.45) is 0 Å². The molecule has 18 heavy (non-hydrogen) atoms. The number of nitro groups is 1. The van der Waals surface area contributed by atoms with E-state index in [1.54, 1.807) is 0 Å². The minimum absolute atomic E-state index is 0.301. The number of hydrogen-bond donors (Lipinski definition) is 1. The van der Waals surface area contributed by atoms with Crippen LogP contribution in [-0.2, 0) is 0 Å². The van der Waals surface area contributed by atoms with Crippen LogP contribution in [0.1, 0.15) is 10.4 Å². The molecule has 0 saturated carbocycles. The molecular formula is C7H2ClF3N2O5. The zero-order chi connectivity index (χ0) is 14.1. The van der Waals surface area contributed by atoms with Crippen molar-refractivity contribution in [1.82, 2.24) is 4.98 Å². The summed E-state index contributed by atoms with van der Waals surface area (Å²) in [5.41, 5.74) is -3.44. The fraction of sp³-hybridized carbons (Fsp3) is 0.143. The van der Waals surface area contributed by atoms with E-state index in [1.165, 1.54) is 4.98 Å². The number of nitrogens with zero attached hydrogens (tertiary/aromatic N) is 1. The summed E-state index contributed by atoms with van der Waals surface area (Å²) < 4.78 is 39.0. The molecule has 0 aliphatic heterocycles. The third kappa shape index (κ3) is 3.20. The first-order valence-corrected chi connectivity index (χ1v) is 4.37. The van der Waals surface area contributed by atoms with Gasteiger partial charge in [-0.05, 0) is 11.6 Å². The van der Waals surface area contributed by atoms with Crippen molar-refractivity contribution in [1.29, 1.82) is 0 Å². The number of rotatable bonds is 3. The number of halogens is 4. The van der Waals surface area contributed by atoms with Crippen molar-refractivity contribution < 1.29 is 27.6 Å².